The highest BCUT2D eigenvalue weighted by Gasteiger charge is 2.27. The summed E-state index contributed by atoms with van der Waals surface area (Å²) < 4.78 is 9.91. The average molecular weight is 335 g/mol. The molecule has 0 aliphatic rings. The minimum atomic E-state index is -1.24. The highest BCUT2D eigenvalue weighted by Crippen LogP contribution is 2.15. The van der Waals surface area contributed by atoms with Crippen LogP contribution in [-0.4, -0.2) is 47.4 Å². The topological polar surface area (TPSA) is 76.1 Å². The molecule has 0 aliphatic heterocycles. The second-order valence-corrected chi connectivity index (χ2v) is 6.38. The maximum atomic E-state index is 12.4. The molecule has 0 fully saturated rings. The first-order valence-electron chi connectivity index (χ1n) is 7.61. The van der Waals surface area contributed by atoms with Crippen molar-refractivity contribution in [1.29, 1.82) is 0 Å². The minimum absolute atomic E-state index is 0.112. The van der Waals surface area contributed by atoms with Crippen LogP contribution < -0.4 is 0 Å². The average Bonchev–Trinajstić information content (AvgIpc) is 2.52. The Morgan fingerprint density at radius 1 is 1.25 bits per heavy atom. The van der Waals surface area contributed by atoms with E-state index >= 15 is 0 Å². The third kappa shape index (κ3) is 6.42. The van der Waals surface area contributed by atoms with Gasteiger partial charge in [-0.05, 0) is 26.3 Å². The standard InChI is InChI=1S/C18H25NO5/c1-13(16(21)23-5)15(20)12-19(17(22)24-18(2,3)4)11-14-9-7-6-8-10-14/h6-10,15,20H,1,11-12H2,2-5H3. The van der Waals surface area contributed by atoms with Crippen molar-refractivity contribution in [1.82, 2.24) is 4.90 Å². The predicted octanol–water partition coefficient (Wildman–Crippen LogP) is 2.51. The molecule has 1 atom stereocenters. The fourth-order valence-electron chi connectivity index (χ4n) is 1.92. The van der Waals surface area contributed by atoms with Crippen molar-refractivity contribution < 1.29 is 24.2 Å². The van der Waals surface area contributed by atoms with Gasteiger partial charge < -0.3 is 19.5 Å². The maximum Gasteiger partial charge on any atom is 0.410 e. The van der Waals surface area contributed by atoms with Gasteiger partial charge in [0.1, 0.15) is 11.7 Å². The van der Waals surface area contributed by atoms with E-state index in [-0.39, 0.29) is 18.7 Å². The van der Waals surface area contributed by atoms with Crippen LogP contribution in [0.2, 0.25) is 0 Å². The highest BCUT2D eigenvalue weighted by atomic mass is 16.6. The molecule has 1 rings (SSSR count). The molecule has 0 radical (unpaired) electrons. The maximum absolute atomic E-state index is 12.4. The summed E-state index contributed by atoms with van der Waals surface area (Å²) >= 11 is 0. The summed E-state index contributed by atoms with van der Waals surface area (Å²) in [4.78, 5) is 25.2. The number of amides is 1. The van der Waals surface area contributed by atoms with E-state index in [1.165, 1.54) is 12.0 Å². The number of hydrogen-bond acceptors (Lipinski definition) is 5. The van der Waals surface area contributed by atoms with Gasteiger partial charge in [-0.1, -0.05) is 36.9 Å². The number of rotatable bonds is 6. The second kappa shape index (κ2) is 8.49. The summed E-state index contributed by atoms with van der Waals surface area (Å²) in [7, 11) is 1.20. The number of ether oxygens (including phenoxy) is 2. The molecule has 0 heterocycles. The summed E-state index contributed by atoms with van der Waals surface area (Å²) in [5, 5.41) is 10.2. The molecule has 132 valence electrons. The first-order chi connectivity index (χ1) is 11.1. The number of carbonyl (C=O) groups is 2. The summed E-state index contributed by atoms with van der Waals surface area (Å²) in [6, 6.07) is 9.30. The molecule has 0 saturated carbocycles. The summed E-state index contributed by atoms with van der Waals surface area (Å²) in [5.41, 5.74) is 0.0921. The Morgan fingerprint density at radius 3 is 2.33 bits per heavy atom. The predicted molar refractivity (Wildman–Crippen MR) is 90.2 cm³/mol. The molecule has 6 heteroatoms. The van der Waals surface area contributed by atoms with Gasteiger partial charge in [-0.15, -0.1) is 0 Å². The Morgan fingerprint density at radius 2 is 1.83 bits per heavy atom. The molecule has 24 heavy (non-hydrogen) atoms. The van der Waals surface area contributed by atoms with Crippen molar-refractivity contribution >= 4 is 12.1 Å². The van der Waals surface area contributed by atoms with Crippen LogP contribution in [0.15, 0.2) is 42.5 Å². The van der Waals surface area contributed by atoms with Crippen LogP contribution in [0.25, 0.3) is 0 Å². The number of aliphatic hydroxyl groups excluding tert-OH is 1. The van der Waals surface area contributed by atoms with Crippen LogP contribution in [-0.2, 0) is 20.8 Å². The molecule has 1 aromatic rings. The zero-order valence-corrected chi connectivity index (χ0v) is 14.6. The van der Waals surface area contributed by atoms with Crippen LogP contribution in [0, 0.1) is 0 Å². The normalized spacial score (nSPS) is 12.2. The van der Waals surface area contributed by atoms with E-state index < -0.39 is 23.8 Å². The van der Waals surface area contributed by atoms with E-state index in [4.69, 9.17) is 4.74 Å². The van der Waals surface area contributed by atoms with Gasteiger partial charge in [-0.2, -0.15) is 0 Å². The van der Waals surface area contributed by atoms with E-state index in [1.54, 1.807) is 20.8 Å². The van der Waals surface area contributed by atoms with Crippen molar-refractivity contribution in [3.05, 3.63) is 48.0 Å². The Balaban J connectivity index is 2.90. The van der Waals surface area contributed by atoms with E-state index in [0.29, 0.717) is 0 Å². The fraction of sp³-hybridized carbons (Fsp3) is 0.444. The van der Waals surface area contributed by atoms with Gasteiger partial charge >= 0.3 is 12.1 Å². The molecule has 1 N–H and O–H groups in total. The zero-order chi connectivity index (χ0) is 18.3. The largest absolute Gasteiger partial charge is 0.466 e. The number of esters is 1. The van der Waals surface area contributed by atoms with Crippen LogP contribution in [0.3, 0.4) is 0 Å². The third-order valence-electron chi connectivity index (χ3n) is 3.11. The molecule has 0 bridgehead atoms. The summed E-state index contributed by atoms with van der Waals surface area (Å²) in [6.07, 6.45) is -1.82. The van der Waals surface area contributed by atoms with Crippen molar-refractivity contribution in [3.8, 4) is 0 Å². The van der Waals surface area contributed by atoms with Gasteiger partial charge in [-0.25, -0.2) is 9.59 Å². The lowest BCUT2D eigenvalue weighted by Crippen LogP contribution is -2.41. The van der Waals surface area contributed by atoms with E-state index in [2.05, 4.69) is 11.3 Å². The summed E-state index contributed by atoms with van der Waals surface area (Å²) in [5.74, 6) is -0.716. The van der Waals surface area contributed by atoms with E-state index in [0.717, 1.165) is 5.56 Å². The molecule has 1 unspecified atom stereocenters. The number of aliphatic hydroxyl groups is 1. The SMILES string of the molecule is C=C(C(=O)OC)C(O)CN(Cc1ccccc1)C(=O)OC(C)(C)C. The van der Waals surface area contributed by atoms with Crippen molar-refractivity contribution in [2.45, 2.75) is 39.0 Å². The Bertz CT molecular complexity index is 577. The molecule has 1 aromatic carbocycles. The number of nitrogens with zero attached hydrogens (tertiary/aromatic N) is 1. The first kappa shape index (κ1) is 19.7. The van der Waals surface area contributed by atoms with Gasteiger partial charge in [-0.3, -0.25) is 0 Å². The van der Waals surface area contributed by atoms with Crippen LogP contribution in [0.5, 0.6) is 0 Å². The number of carbonyl (C=O) groups excluding carboxylic acids is 2. The molecule has 0 spiro atoms. The molecule has 0 aromatic heterocycles. The Hall–Kier alpha value is -2.34. The monoisotopic (exact) mass is 335 g/mol. The highest BCUT2D eigenvalue weighted by molar-refractivity contribution is 5.88. The Kier molecular flexibility index (Phi) is 6.97. The fourth-order valence-corrected chi connectivity index (χ4v) is 1.92. The minimum Gasteiger partial charge on any atom is -0.466 e. The van der Waals surface area contributed by atoms with Gasteiger partial charge in [0.15, 0.2) is 0 Å². The quantitative estimate of drug-likeness (QED) is 0.638. The van der Waals surface area contributed by atoms with Crippen molar-refractivity contribution in [2.24, 2.45) is 0 Å². The third-order valence-corrected chi connectivity index (χ3v) is 3.11. The van der Waals surface area contributed by atoms with Gasteiger partial charge in [0, 0.05) is 6.54 Å². The molecule has 0 saturated heterocycles. The molecule has 6 nitrogen and oxygen atoms in total. The Labute approximate surface area is 142 Å². The first-order valence-corrected chi connectivity index (χ1v) is 7.61. The lowest BCUT2D eigenvalue weighted by molar-refractivity contribution is -0.137. The molecular formula is C18H25NO5. The van der Waals surface area contributed by atoms with E-state index in [1.807, 2.05) is 30.3 Å². The van der Waals surface area contributed by atoms with Gasteiger partial charge in [0.2, 0.25) is 0 Å². The van der Waals surface area contributed by atoms with E-state index in [9.17, 15) is 14.7 Å². The van der Waals surface area contributed by atoms with Gasteiger partial charge in [0.25, 0.3) is 0 Å². The molecule has 0 aliphatic carbocycles. The lowest BCUT2D eigenvalue weighted by Gasteiger charge is -2.29. The van der Waals surface area contributed by atoms with Crippen LogP contribution >= 0.6 is 0 Å². The van der Waals surface area contributed by atoms with Gasteiger partial charge in [0.05, 0.1) is 19.2 Å². The lowest BCUT2D eigenvalue weighted by atomic mass is 10.1. The van der Waals surface area contributed by atoms with Crippen LogP contribution in [0.4, 0.5) is 4.79 Å². The zero-order valence-electron chi connectivity index (χ0n) is 14.6. The number of hydrogen-bond donors (Lipinski definition) is 1. The van der Waals surface area contributed by atoms with Crippen molar-refractivity contribution in [3.63, 3.8) is 0 Å². The van der Waals surface area contributed by atoms with Crippen LogP contribution in [0.1, 0.15) is 26.3 Å². The molecular weight excluding hydrogens is 310 g/mol. The smallest absolute Gasteiger partial charge is 0.410 e. The van der Waals surface area contributed by atoms with Crippen molar-refractivity contribution in [2.75, 3.05) is 13.7 Å². The summed E-state index contributed by atoms with van der Waals surface area (Å²) in [6.45, 7) is 8.90. The molecule has 1 amide bonds. The number of benzene rings is 1. The second-order valence-electron chi connectivity index (χ2n) is 6.38. The number of methoxy groups -OCH3 is 1.